The van der Waals surface area contributed by atoms with Crippen LogP contribution in [0.25, 0.3) is 0 Å². The number of halogens is 2. The van der Waals surface area contributed by atoms with E-state index >= 15 is 0 Å². The Morgan fingerprint density at radius 3 is 2.74 bits per heavy atom. The van der Waals surface area contributed by atoms with Crippen LogP contribution in [0.2, 0.25) is 0 Å². The van der Waals surface area contributed by atoms with Gasteiger partial charge in [-0.2, -0.15) is 0 Å². The molecule has 5 heteroatoms. The molecule has 2 rings (SSSR count). The molecule has 0 spiro atoms. The zero-order chi connectivity index (χ0) is 13.8. The lowest BCUT2D eigenvalue weighted by Crippen LogP contribution is -2.09. The van der Waals surface area contributed by atoms with Gasteiger partial charge >= 0.3 is 0 Å². The van der Waals surface area contributed by atoms with Crippen molar-refractivity contribution in [2.45, 2.75) is 6.61 Å². The molecular weight excluding hydrogens is 329 g/mol. The summed E-state index contributed by atoms with van der Waals surface area (Å²) in [6.45, 7) is 0.263. The number of hydrogen-bond donors (Lipinski definition) is 1. The normalized spacial score (nSPS) is 10.2. The van der Waals surface area contributed by atoms with Gasteiger partial charge in [-0.3, -0.25) is 0 Å². The topological polar surface area (TPSA) is 35.2 Å². The predicted molar refractivity (Wildman–Crippen MR) is 80.8 cm³/mol. The summed E-state index contributed by atoms with van der Waals surface area (Å²) in [7, 11) is 0. The highest BCUT2D eigenvalue weighted by atomic mass is 79.9. The molecule has 0 atom stereocenters. The Morgan fingerprint density at radius 2 is 2.00 bits per heavy atom. The van der Waals surface area contributed by atoms with Crippen LogP contribution in [0.15, 0.2) is 46.9 Å². The van der Waals surface area contributed by atoms with E-state index in [1.807, 2.05) is 12.1 Å². The molecule has 19 heavy (non-hydrogen) atoms. The molecule has 0 fully saturated rings. The Bertz CT molecular complexity index is 618. The van der Waals surface area contributed by atoms with E-state index in [2.05, 4.69) is 15.9 Å². The minimum absolute atomic E-state index is 0.263. The molecule has 0 saturated heterocycles. The lowest BCUT2D eigenvalue weighted by Gasteiger charge is -2.09. The Morgan fingerprint density at radius 1 is 1.26 bits per heavy atom. The average molecular weight is 340 g/mol. The molecular formula is C14H11BrFNOS. The Labute approximate surface area is 124 Å². The second-order valence-electron chi connectivity index (χ2n) is 3.89. The van der Waals surface area contributed by atoms with Gasteiger partial charge in [-0.25, -0.2) is 4.39 Å². The monoisotopic (exact) mass is 339 g/mol. The Kier molecular flexibility index (Phi) is 4.50. The number of thiocarbonyl (C=S) groups is 1. The molecule has 0 saturated carbocycles. The van der Waals surface area contributed by atoms with Crippen LogP contribution < -0.4 is 10.5 Å². The lowest BCUT2D eigenvalue weighted by atomic mass is 10.2. The summed E-state index contributed by atoms with van der Waals surface area (Å²) in [4.78, 5) is 0.317. The van der Waals surface area contributed by atoms with Gasteiger partial charge in [0, 0.05) is 11.1 Å². The van der Waals surface area contributed by atoms with E-state index in [9.17, 15) is 4.39 Å². The van der Waals surface area contributed by atoms with Crippen molar-refractivity contribution in [1.29, 1.82) is 0 Å². The van der Waals surface area contributed by atoms with Crippen molar-refractivity contribution in [3.8, 4) is 5.75 Å². The predicted octanol–water partition coefficient (Wildman–Crippen LogP) is 3.80. The Hall–Kier alpha value is -1.46. The van der Waals surface area contributed by atoms with Crippen LogP contribution in [-0.4, -0.2) is 4.99 Å². The molecule has 2 aromatic carbocycles. The van der Waals surface area contributed by atoms with E-state index in [-0.39, 0.29) is 12.4 Å². The molecule has 0 aliphatic heterocycles. The average Bonchev–Trinajstić information content (AvgIpc) is 2.41. The molecule has 0 aliphatic carbocycles. The van der Waals surface area contributed by atoms with Gasteiger partial charge in [-0.05, 0) is 34.1 Å². The number of hydrogen-bond acceptors (Lipinski definition) is 2. The fourth-order valence-electron chi connectivity index (χ4n) is 1.56. The third-order valence-corrected chi connectivity index (χ3v) is 3.67. The lowest BCUT2D eigenvalue weighted by molar-refractivity contribution is 0.304. The molecule has 2 N–H and O–H groups in total. The van der Waals surface area contributed by atoms with Gasteiger partial charge in [-0.15, -0.1) is 0 Å². The largest absolute Gasteiger partial charge is 0.489 e. The highest BCUT2D eigenvalue weighted by Gasteiger charge is 2.06. The zero-order valence-corrected chi connectivity index (χ0v) is 12.3. The quantitative estimate of drug-likeness (QED) is 0.860. The molecule has 98 valence electrons. The summed E-state index contributed by atoms with van der Waals surface area (Å²) in [5, 5.41) is 0. The maximum atomic E-state index is 13.3. The molecule has 0 bridgehead atoms. The maximum Gasteiger partial charge on any atom is 0.137 e. The standard InChI is InChI=1S/C14H11BrFNOS/c15-13-10(4-2-6-12(13)16)8-18-11-5-1-3-9(7-11)14(17)19/h1-7H,8H2,(H2,17,19). The zero-order valence-electron chi connectivity index (χ0n) is 9.90. The third kappa shape index (κ3) is 3.52. The van der Waals surface area contributed by atoms with Crippen molar-refractivity contribution in [1.82, 2.24) is 0 Å². The van der Waals surface area contributed by atoms with Crippen molar-refractivity contribution in [3.05, 3.63) is 63.9 Å². The summed E-state index contributed by atoms with van der Waals surface area (Å²) >= 11 is 8.10. The van der Waals surface area contributed by atoms with E-state index in [1.165, 1.54) is 6.07 Å². The molecule has 0 heterocycles. The summed E-state index contributed by atoms with van der Waals surface area (Å²) in [6, 6.07) is 12.0. The maximum absolute atomic E-state index is 13.3. The first-order valence-electron chi connectivity index (χ1n) is 5.53. The van der Waals surface area contributed by atoms with Gasteiger partial charge in [0.1, 0.15) is 23.2 Å². The van der Waals surface area contributed by atoms with Crippen molar-refractivity contribution >= 4 is 33.1 Å². The van der Waals surface area contributed by atoms with Crippen molar-refractivity contribution in [2.75, 3.05) is 0 Å². The highest BCUT2D eigenvalue weighted by Crippen LogP contribution is 2.22. The van der Waals surface area contributed by atoms with E-state index < -0.39 is 0 Å². The fraction of sp³-hybridized carbons (Fsp3) is 0.0714. The van der Waals surface area contributed by atoms with E-state index in [1.54, 1.807) is 24.3 Å². The van der Waals surface area contributed by atoms with Crippen LogP contribution in [0.5, 0.6) is 5.75 Å². The van der Waals surface area contributed by atoms with Crippen LogP contribution in [-0.2, 0) is 6.61 Å². The molecule has 0 amide bonds. The van der Waals surface area contributed by atoms with Crippen LogP contribution in [0.1, 0.15) is 11.1 Å². The highest BCUT2D eigenvalue weighted by molar-refractivity contribution is 9.10. The van der Waals surface area contributed by atoms with Gasteiger partial charge in [0.2, 0.25) is 0 Å². The molecule has 2 nitrogen and oxygen atoms in total. The van der Waals surface area contributed by atoms with Crippen LogP contribution in [0.4, 0.5) is 4.39 Å². The van der Waals surface area contributed by atoms with Crippen LogP contribution >= 0.6 is 28.1 Å². The van der Waals surface area contributed by atoms with Gasteiger partial charge in [-0.1, -0.05) is 36.5 Å². The number of nitrogens with two attached hydrogens (primary N) is 1. The second-order valence-corrected chi connectivity index (χ2v) is 5.13. The molecule has 0 unspecified atom stereocenters. The number of benzene rings is 2. The van der Waals surface area contributed by atoms with Gasteiger partial charge < -0.3 is 10.5 Å². The van der Waals surface area contributed by atoms with Gasteiger partial charge in [0.15, 0.2) is 0 Å². The van der Waals surface area contributed by atoms with E-state index in [4.69, 9.17) is 22.7 Å². The summed E-state index contributed by atoms with van der Waals surface area (Å²) in [5.74, 6) is 0.333. The smallest absolute Gasteiger partial charge is 0.137 e. The second kappa shape index (κ2) is 6.12. The molecule has 0 radical (unpaired) electrons. The summed E-state index contributed by atoms with van der Waals surface area (Å²) in [5.41, 5.74) is 7.03. The first kappa shape index (κ1) is 14.0. The van der Waals surface area contributed by atoms with Crippen LogP contribution in [0, 0.1) is 5.82 Å². The molecule has 2 aromatic rings. The number of ether oxygens (including phenoxy) is 1. The summed E-state index contributed by atoms with van der Waals surface area (Å²) < 4.78 is 19.4. The number of rotatable bonds is 4. The Balaban J connectivity index is 2.12. The van der Waals surface area contributed by atoms with Crippen molar-refractivity contribution in [3.63, 3.8) is 0 Å². The summed E-state index contributed by atoms with van der Waals surface area (Å²) in [6.07, 6.45) is 0. The van der Waals surface area contributed by atoms with E-state index in [0.717, 1.165) is 11.1 Å². The molecule has 0 aromatic heterocycles. The van der Waals surface area contributed by atoms with Crippen molar-refractivity contribution in [2.24, 2.45) is 5.73 Å². The minimum atomic E-state index is -0.307. The fourth-order valence-corrected chi connectivity index (χ4v) is 2.07. The van der Waals surface area contributed by atoms with Crippen LogP contribution in [0.3, 0.4) is 0 Å². The first-order valence-corrected chi connectivity index (χ1v) is 6.73. The van der Waals surface area contributed by atoms with Gasteiger partial charge in [0.05, 0.1) is 4.47 Å². The molecule has 0 aliphatic rings. The van der Waals surface area contributed by atoms with Gasteiger partial charge in [0.25, 0.3) is 0 Å². The first-order chi connectivity index (χ1) is 9.08. The SMILES string of the molecule is NC(=S)c1cccc(OCc2cccc(F)c2Br)c1. The third-order valence-electron chi connectivity index (χ3n) is 2.54. The minimum Gasteiger partial charge on any atom is -0.489 e. The van der Waals surface area contributed by atoms with E-state index in [0.29, 0.717) is 15.2 Å². The van der Waals surface area contributed by atoms with Crippen molar-refractivity contribution < 1.29 is 9.13 Å².